The van der Waals surface area contributed by atoms with Crippen LogP contribution in [0.15, 0.2) is 0 Å². The molecule has 0 bridgehead atoms. The van der Waals surface area contributed by atoms with Crippen LogP contribution in [0.2, 0.25) is 0 Å². The zero-order valence-electron chi connectivity index (χ0n) is 8.37. The van der Waals surface area contributed by atoms with Crippen molar-refractivity contribution in [2.24, 2.45) is 5.73 Å². The number of terminal acetylenes is 1. The van der Waals surface area contributed by atoms with Crippen LogP contribution in [-0.4, -0.2) is 16.8 Å². The Balaban J connectivity index is 3.05. The minimum atomic E-state index is 0.185. The molecule has 0 saturated heterocycles. The molecular weight excluding hydrogens is 178 g/mol. The van der Waals surface area contributed by atoms with Crippen LogP contribution in [0.1, 0.15) is 16.8 Å². The van der Waals surface area contributed by atoms with Gasteiger partial charge in [-0.25, -0.2) is 0 Å². The first-order valence-electron chi connectivity index (χ1n) is 4.29. The minimum Gasteiger partial charge on any atom is -0.463 e. The van der Waals surface area contributed by atoms with Gasteiger partial charge in [0, 0.05) is 12.1 Å². The van der Waals surface area contributed by atoms with Gasteiger partial charge in [-0.3, -0.25) is 0 Å². The van der Waals surface area contributed by atoms with Crippen molar-refractivity contribution in [2.75, 3.05) is 6.61 Å². The molecule has 1 aromatic heterocycles. The van der Waals surface area contributed by atoms with Gasteiger partial charge in [0.15, 0.2) is 6.61 Å². The third-order valence-corrected chi connectivity index (χ3v) is 2.04. The van der Waals surface area contributed by atoms with Gasteiger partial charge in [-0.1, -0.05) is 5.92 Å². The molecular formula is C10H13N3O. The third kappa shape index (κ3) is 2.01. The molecule has 1 aromatic rings. The van der Waals surface area contributed by atoms with E-state index in [9.17, 15) is 0 Å². The summed E-state index contributed by atoms with van der Waals surface area (Å²) < 4.78 is 5.22. The van der Waals surface area contributed by atoms with Crippen LogP contribution in [0.4, 0.5) is 0 Å². The highest BCUT2D eigenvalue weighted by Gasteiger charge is 2.09. The Morgan fingerprint density at radius 1 is 1.43 bits per heavy atom. The highest BCUT2D eigenvalue weighted by Crippen LogP contribution is 2.19. The van der Waals surface area contributed by atoms with Gasteiger partial charge in [-0.05, 0) is 19.4 Å². The first-order chi connectivity index (χ1) is 6.70. The Morgan fingerprint density at radius 3 is 2.71 bits per heavy atom. The second kappa shape index (κ2) is 4.58. The van der Waals surface area contributed by atoms with Crippen LogP contribution in [0.3, 0.4) is 0 Å². The summed E-state index contributed by atoms with van der Waals surface area (Å²) in [6.07, 6.45) is 5.08. The van der Waals surface area contributed by atoms with E-state index >= 15 is 0 Å². The Hall–Kier alpha value is -1.60. The molecule has 4 nitrogen and oxygen atoms in total. The fourth-order valence-electron chi connectivity index (χ4n) is 1.10. The molecule has 0 saturated carbocycles. The predicted octanol–water partition coefficient (Wildman–Crippen LogP) is 0.564. The topological polar surface area (TPSA) is 61.0 Å². The van der Waals surface area contributed by atoms with E-state index in [0.29, 0.717) is 12.4 Å². The quantitative estimate of drug-likeness (QED) is 0.709. The van der Waals surface area contributed by atoms with Gasteiger partial charge in [0.1, 0.15) is 0 Å². The van der Waals surface area contributed by atoms with Crippen molar-refractivity contribution < 1.29 is 4.74 Å². The molecule has 0 unspecified atom stereocenters. The summed E-state index contributed by atoms with van der Waals surface area (Å²) in [5.41, 5.74) is 8.33. The van der Waals surface area contributed by atoms with Crippen LogP contribution in [0, 0.1) is 26.2 Å². The molecule has 1 heterocycles. The number of aryl methyl sites for hydroxylation is 1. The van der Waals surface area contributed by atoms with Crippen molar-refractivity contribution in [3.63, 3.8) is 0 Å². The SMILES string of the molecule is C#CCOc1nnc(C)c(C)c1CN. The second-order valence-corrected chi connectivity index (χ2v) is 2.89. The normalized spacial score (nSPS) is 9.57. The predicted molar refractivity (Wildman–Crippen MR) is 53.7 cm³/mol. The summed E-state index contributed by atoms with van der Waals surface area (Å²) in [4.78, 5) is 0. The van der Waals surface area contributed by atoms with Gasteiger partial charge in [0.2, 0.25) is 5.88 Å². The monoisotopic (exact) mass is 191 g/mol. The molecule has 0 fully saturated rings. The Morgan fingerprint density at radius 2 is 2.14 bits per heavy atom. The van der Waals surface area contributed by atoms with E-state index in [1.165, 1.54) is 0 Å². The van der Waals surface area contributed by atoms with Crippen molar-refractivity contribution in [3.05, 3.63) is 16.8 Å². The largest absolute Gasteiger partial charge is 0.463 e. The van der Waals surface area contributed by atoms with E-state index in [2.05, 4.69) is 16.1 Å². The Kier molecular flexibility index (Phi) is 3.43. The maximum Gasteiger partial charge on any atom is 0.239 e. The first-order valence-corrected chi connectivity index (χ1v) is 4.29. The van der Waals surface area contributed by atoms with Gasteiger partial charge < -0.3 is 10.5 Å². The van der Waals surface area contributed by atoms with Crippen LogP contribution in [-0.2, 0) is 6.54 Å². The fraction of sp³-hybridized carbons (Fsp3) is 0.400. The molecule has 14 heavy (non-hydrogen) atoms. The number of hydrogen-bond donors (Lipinski definition) is 1. The van der Waals surface area contributed by atoms with Crippen molar-refractivity contribution in [3.8, 4) is 18.2 Å². The summed E-state index contributed by atoms with van der Waals surface area (Å²) in [5.74, 6) is 2.81. The molecule has 0 amide bonds. The molecule has 0 aliphatic carbocycles. The first kappa shape index (κ1) is 10.5. The fourth-order valence-corrected chi connectivity index (χ4v) is 1.10. The van der Waals surface area contributed by atoms with Crippen LogP contribution < -0.4 is 10.5 Å². The molecule has 0 aliphatic heterocycles. The van der Waals surface area contributed by atoms with Gasteiger partial charge in [-0.15, -0.1) is 11.5 Å². The highest BCUT2D eigenvalue weighted by molar-refractivity contribution is 5.35. The number of ether oxygens (including phenoxy) is 1. The standard InChI is InChI=1S/C10H13N3O/c1-4-5-14-10-9(6-11)7(2)8(3)12-13-10/h1H,5-6,11H2,2-3H3. The molecule has 1 rings (SSSR count). The molecule has 0 aromatic carbocycles. The van der Waals surface area contributed by atoms with E-state index in [0.717, 1.165) is 16.8 Å². The van der Waals surface area contributed by atoms with Crippen LogP contribution in [0.25, 0.3) is 0 Å². The van der Waals surface area contributed by atoms with Crippen molar-refractivity contribution >= 4 is 0 Å². The van der Waals surface area contributed by atoms with Gasteiger partial charge in [0.05, 0.1) is 5.69 Å². The van der Waals surface area contributed by atoms with Crippen LogP contribution >= 0.6 is 0 Å². The Labute approximate surface area is 83.5 Å². The lowest BCUT2D eigenvalue weighted by atomic mass is 10.1. The molecule has 0 spiro atoms. The number of hydrogen-bond acceptors (Lipinski definition) is 4. The van der Waals surface area contributed by atoms with E-state index in [1.54, 1.807) is 0 Å². The number of rotatable bonds is 3. The van der Waals surface area contributed by atoms with E-state index in [4.69, 9.17) is 16.9 Å². The lowest BCUT2D eigenvalue weighted by molar-refractivity contribution is 0.345. The van der Waals surface area contributed by atoms with Gasteiger partial charge >= 0.3 is 0 Å². The minimum absolute atomic E-state index is 0.185. The van der Waals surface area contributed by atoms with E-state index < -0.39 is 0 Å². The third-order valence-electron chi connectivity index (χ3n) is 2.04. The summed E-state index contributed by atoms with van der Waals surface area (Å²) in [7, 11) is 0. The molecule has 0 radical (unpaired) electrons. The van der Waals surface area contributed by atoms with Crippen molar-refractivity contribution in [1.29, 1.82) is 0 Å². The van der Waals surface area contributed by atoms with Crippen LogP contribution in [0.5, 0.6) is 5.88 Å². The number of aromatic nitrogens is 2. The average molecular weight is 191 g/mol. The van der Waals surface area contributed by atoms with Gasteiger partial charge in [0.25, 0.3) is 0 Å². The number of nitrogens with zero attached hydrogens (tertiary/aromatic N) is 2. The molecule has 74 valence electrons. The molecule has 0 aliphatic rings. The maximum atomic E-state index is 5.59. The summed E-state index contributed by atoms with van der Waals surface area (Å²) >= 11 is 0. The zero-order chi connectivity index (χ0) is 10.6. The summed E-state index contributed by atoms with van der Waals surface area (Å²) in [5, 5.41) is 7.84. The lowest BCUT2D eigenvalue weighted by Crippen LogP contribution is -2.09. The number of nitrogens with two attached hydrogens (primary N) is 1. The van der Waals surface area contributed by atoms with E-state index in [1.807, 2.05) is 13.8 Å². The zero-order valence-corrected chi connectivity index (χ0v) is 8.37. The summed E-state index contributed by atoms with van der Waals surface area (Å²) in [6.45, 7) is 4.38. The Bertz CT molecular complexity index is 368. The van der Waals surface area contributed by atoms with Crippen molar-refractivity contribution in [2.45, 2.75) is 20.4 Å². The van der Waals surface area contributed by atoms with Gasteiger partial charge in [-0.2, -0.15) is 5.10 Å². The molecule has 4 heteroatoms. The highest BCUT2D eigenvalue weighted by atomic mass is 16.5. The maximum absolute atomic E-state index is 5.59. The lowest BCUT2D eigenvalue weighted by Gasteiger charge is -2.10. The molecule has 0 atom stereocenters. The smallest absolute Gasteiger partial charge is 0.239 e. The average Bonchev–Trinajstić information content (AvgIpc) is 2.20. The second-order valence-electron chi connectivity index (χ2n) is 2.89. The molecule has 2 N–H and O–H groups in total. The van der Waals surface area contributed by atoms with Crippen molar-refractivity contribution in [1.82, 2.24) is 10.2 Å². The summed E-state index contributed by atoms with van der Waals surface area (Å²) in [6, 6.07) is 0. The van der Waals surface area contributed by atoms with E-state index in [-0.39, 0.29) is 6.61 Å².